The van der Waals surface area contributed by atoms with Crippen LogP contribution in [0, 0.1) is 0 Å². The average Bonchev–Trinajstić information content (AvgIpc) is 2.88. The Labute approximate surface area is 110 Å². The molecule has 0 saturated heterocycles. The lowest BCUT2D eigenvalue weighted by Crippen LogP contribution is -2.28. The van der Waals surface area contributed by atoms with Gasteiger partial charge in [-0.3, -0.25) is 4.79 Å². The van der Waals surface area contributed by atoms with Crippen LogP contribution in [-0.4, -0.2) is 25.1 Å². The van der Waals surface area contributed by atoms with E-state index in [-0.39, 0.29) is 10.7 Å². The third kappa shape index (κ3) is 1.91. The molecule has 0 aliphatic carbocycles. The summed E-state index contributed by atoms with van der Waals surface area (Å²) in [7, 11) is -3.93. The number of amidine groups is 1. The number of benzene rings is 1. The van der Waals surface area contributed by atoms with Gasteiger partial charge in [0.2, 0.25) is 0 Å². The molecule has 0 bridgehead atoms. The molecule has 0 radical (unpaired) electrons. The minimum absolute atomic E-state index is 0.153. The molecule has 2 aliphatic heterocycles. The van der Waals surface area contributed by atoms with Crippen molar-refractivity contribution < 1.29 is 13.2 Å². The van der Waals surface area contributed by atoms with Crippen LogP contribution in [0.1, 0.15) is 11.1 Å². The highest BCUT2D eigenvalue weighted by Gasteiger charge is 2.34. The van der Waals surface area contributed by atoms with Gasteiger partial charge in [-0.1, -0.05) is 24.3 Å². The fraction of sp³-hybridized carbons (Fsp3) is 0.167. The number of nitrogens with zero attached hydrogens (tertiary/aromatic N) is 2. The number of amides is 1. The van der Waals surface area contributed by atoms with Crippen molar-refractivity contribution in [3.63, 3.8) is 0 Å². The molecule has 0 fully saturated rings. The van der Waals surface area contributed by atoms with E-state index in [1.165, 1.54) is 4.90 Å². The molecule has 0 saturated carbocycles. The first-order chi connectivity index (χ1) is 8.97. The van der Waals surface area contributed by atoms with Crippen LogP contribution in [0.25, 0.3) is 0 Å². The van der Waals surface area contributed by atoms with E-state index in [2.05, 4.69) is 4.40 Å². The Hall–Kier alpha value is -2.15. The highest BCUT2D eigenvalue weighted by molar-refractivity contribution is 7.95. The van der Waals surface area contributed by atoms with Crippen LogP contribution < -0.4 is 5.73 Å². The van der Waals surface area contributed by atoms with Crippen molar-refractivity contribution >= 4 is 21.8 Å². The Morgan fingerprint density at radius 1 is 1.21 bits per heavy atom. The lowest BCUT2D eigenvalue weighted by atomic mass is 10.1. The summed E-state index contributed by atoms with van der Waals surface area (Å²) in [5, 5.41) is 0. The summed E-state index contributed by atoms with van der Waals surface area (Å²) in [6.07, 6.45) is 1.11. The second-order valence-electron chi connectivity index (χ2n) is 4.43. The van der Waals surface area contributed by atoms with Crippen molar-refractivity contribution in [1.29, 1.82) is 0 Å². The lowest BCUT2D eigenvalue weighted by Gasteiger charge is -2.14. The minimum atomic E-state index is -3.93. The predicted octanol–water partition coefficient (Wildman–Crippen LogP) is 0.113. The molecule has 1 amide bonds. The first kappa shape index (κ1) is 11.9. The van der Waals surface area contributed by atoms with Gasteiger partial charge in [0.1, 0.15) is 5.84 Å². The molecule has 0 unspecified atom stereocenters. The lowest BCUT2D eigenvalue weighted by molar-refractivity contribution is -0.127. The smallest absolute Gasteiger partial charge is 0.289 e. The average molecular weight is 277 g/mol. The van der Waals surface area contributed by atoms with Crippen LogP contribution >= 0.6 is 0 Å². The second kappa shape index (κ2) is 3.92. The monoisotopic (exact) mass is 277 g/mol. The van der Waals surface area contributed by atoms with Gasteiger partial charge in [-0.25, -0.2) is 0 Å². The summed E-state index contributed by atoms with van der Waals surface area (Å²) in [6.45, 7) is 0.809. The zero-order valence-corrected chi connectivity index (χ0v) is 10.7. The largest absolute Gasteiger partial charge is 0.383 e. The number of hydrogen-bond donors (Lipinski definition) is 1. The minimum Gasteiger partial charge on any atom is -0.383 e. The number of hydrogen-bond acceptors (Lipinski definition) is 4. The molecule has 98 valence electrons. The van der Waals surface area contributed by atoms with Crippen LogP contribution in [-0.2, 0) is 27.9 Å². The zero-order valence-electron chi connectivity index (χ0n) is 9.91. The molecule has 2 heterocycles. The van der Waals surface area contributed by atoms with Crippen LogP contribution in [0.4, 0.5) is 0 Å². The molecular formula is C12H11N3O3S. The van der Waals surface area contributed by atoms with Gasteiger partial charge in [0.15, 0.2) is 4.91 Å². The highest BCUT2D eigenvalue weighted by atomic mass is 32.2. The van der Waals surface area contributed by atoms with E-state index in [0.717, 1.165) is 17.2 Å². The second-order valence-corrected chi connectivity index (χ2v) is 6.00. The summed E-state index contributed by atoms with van der Waals surface area (Å²) < 4.78 is 26.6. The fourth-order valence-corrected chi connectivity index (χ4v) is 3.28. The van der Waals surface area contributed by atoms with Gasteiger partial charge in [0.05, 0.1) is 0 Å². The van der Waals surface area contributed by atoms with Gasteiger partial charge in [-0.2, -0.15) is 8.42 Å². The first-order valence-corrected chi connectivity index (χ1v) is 7.09. The summed E-state index contributed by atoms with van der Waals surface area (Å²) >= 11 is 0. The van der Waals surface area contributed by atoms with Crippen molar-refractivity contribution in [1.82, 2.24) is 4.90 Å². The number of carbonyl (C=O) groups is 1. The zero-order chi connectivity index (χ0) is 13.6. The van der Waals surface area contributed by atoms with E-state index in [9.17, 15) is 13.2 Å². The van der Waals surface area contributed by atoms with Gasteiger partial charge >= 0.3 is 0 Å². The quantitative estimate of drug-likeness (QED) is 0.788. The molecular weight excluding hydrogens is 266 g/mol. The summed E-state index contributed by atoms with van der Waals surface area (Å²) in [6, 6.07) is 7.62. The number of fused-ring (bicyclic) bond motifs is 1. The van der Waals surface area contributed by atoms with Crippen molar-refractivity contribution in [3.8, 4) is 0 Å². The Balaban J connectivity index is 1.88. The predicted molar refractivity (Wildman–Crippen MR) is 69.3 cm³/mol. The van der Waals surface area contributed by atoms with E-state index in [1.807, 2.05) is 24.3 Å². The number of carbonyl (C=O) groups excluding carboxylic acids is 1. The molecule has 0 atom stereocenters. The molecule has 19 heavy (non-hydrogen) atoms. The number of sulfonamides is 1. The van der Waals surface area contributed by atoms with E-state index in [0.29, 0.717) is 13.1 Å². The van der Waals surface area contributed by atoms with Gasteiger partial charge in [0, 0.05) is 19.2 Å². The Morgan fingerprint density at radius 2 is 1.79 bits per heavy atom. The molecule has 2 N–H and O–H groups in total. The molecule has 3 rings (SSSR count). The maximum atomic E-state index is 12.2. The normalized spacial score (nSPS) is 19.9. The van der Waals surface area contributed by atoms with E-state index < -0.39 is 15.9 Å². The van der Waals surface area contributed by atoms with E-state index >= 15 is 0 Å². The van der Waals surface area contributed by atoms with Crippen molar-refractivity contribution in [3.05, 3.63) is 46.4 Å². The van der Waals surface area contributed by atoms with Crippen LogP contribution in [0.15, 0.2) is 39.6 Å². The molecule has 1 aromatic rings. The third-order valence-electron chi connectivity index (χ3n) is 3.12. The maximum absolute atomic E-state index is 12.2. The molecule has 1 aromatic carbocycles. The molecule has 6 nitrogen and oxygen atoms in total. The van der Waals surface area contributed by atoms with Gasteiger partial charge in [-0.15, -0.1) is 4.40 Å². The number of nitrogens with two attached hydrogens (primary N) is 1. The fourth-order valence-electron chi connectivity index (χ4n) is 2.23. The molecule has 7 heteroatoms. The Kier molecular flexibility index (Phi) is 2.46. The molecule has 0 spiro atoms. The van der Waals surface area contributed by atoms with Crippen LogP contribution in [0.5, 0.6) is 0 Å². The van der Waals surface area contributed by atoms with Gasteiger partial charge in [0.25, 0.3) is 15.9 Å². The van der Waals surface area contributed by atoms with Gasteiger partial charge in [-0.05, 0) is 11.1 Å². The Bertz CT molecular complexity index is 709. The SMILES string of the molecule is NC1=NS(=O)(=O)C(C(=O)N2Cc3ccccc3C2)=C1. The van der Waals surface area contributed by atoms with Crippen LogP contribution in [0.2, 0.25) is 0 Å². The van der Waals surface area contributed by atoms with Crippen molar-refractivity contribution in [2.24, 2.45) is 10.1 Å². The van der Waals surface area contributed by atoms with E-state index in [4.69, 9.17) is 5.73 Å². The van der Waals surface area contributed by atoms with Crippen molar-refractivity contribution in [2.75, 3.05) is 0 Å². The maximum Gasteiger partial charge on any atom is 0.289 e. The standard InChI is InChI=1S/C12H11N3O3S/c13-11-5-10(19(17,18)14-11)12(16)15-6-8-3-1-2-4-9(8)7-15/h1-5H,6-7H2,(H2,13,14). The first-order valence-electron chi connectivity index (χ1n) is 5.65. The highest BCUT2D eigenvalue weighted by Crippen LogP contribution is 2.26. The van der Waals surface area contributed by atoms with Gasteiger partial charge < -0.3 is 10.6 Å². The van der Waals surface area contributed by atoms with E-state index in [1.54, 1.807) is 0 Å². The summed E-state index contributed by atoms with van der Waals surface area (Å²) in [4.78, 5) is 13.4. The van der Waals surface area contributed by atoms with Crippen molar-refractivity contribution in [2.45, 2.75) is 13.1 Å². The number of rotatable bonds is 1. The summed E-state index contributed by atoms with van der Waals surface area (Å²) in [5.74, 6) is -0.708. The topological polar surface area (TPSA) is 92.8 Å². The third-order valence-corrected chi connectivity index (χ3v) is 4.42. The summed E-state index contributed by atoms with van der Waals surface area (Å²) in [5.41, 5.74) is 7.40. The Morgan fingerprint density at radius 3 is 2.26 bits per heavy atom. The molecule has 2 aliphatic rings. The molecule has 0 aromatic heterocycles. The van der Waals surface area contributed by atoms with Crippen LogP contribution in [0.3, 0.4) is 0 Å².